The molecular weight excluding hydrogens is 463 g/mol. The van der Waals surface area contributed by atoms with Crippen molar-refractivity contribution in [3.8, 4) is 0 Å². The summed E-state index contributed by atoms with van der Waals surface area (Å²) in [4.78, 5) is 25.2. The van der Waals surface area contributed by atoms with Crippen LogP contribution in [0.1, 0.15) is 10.4 Å². The SMILES string of the molecule is Cn1cnnc1SCC(=O)Nc1cccc(C(=O)Nc2ccccc2SCC(F)(F)F)c1. The fourth-order valence-corrected chi connectivity index (χ4v) is 3.98. The number of anilines is 2. The van der Waals surface area contributed by atoms with Crippen molar-refractivity contribution in [3.05, 3.63) is 60.4 Å². The van der Waals surface area contributed by atoms with Crippen molar-refractivity contribution < 1.29 is 22.8 Å². The number of carbonyl (C=O) groups is 2. The van der Waals surface area contributed by atoms with E-state index in [4.69, 9.17) is 0 Å². The van der Waals surface area contributed by atoms with Crippen molar-refractivity contribution in [1.29, 1.82) is 0 Å². The van der Waals surface area contributed by atoms with Gasteiger partial charge in [-0.3, -0.25) is 9.59 Å². The van der Waals surface area contributed by atoms with Crippen LogP contribution in [0.25, 0.3) is 0 Å². The Morgan fingerprint density at radius 3 is 2.56 bits per heavy atom. The number of alkyl halides is 3. The zero-order valence-electron chi connectivity index (χ0n) is 16.7. The average molecular weight is 482 g/mol. The van der Waals surface area contributed by atoms with Crippen LogP contribution >= 0.6 is 23.5 Å². The number of hydrogen-bond donors (Lipinski definition) is 2. The summed E-state index contributed by atoms with van der Waals surface area (Å²) >= 11 is 1.81. The van der Waals surface area contributed by atoms with E-state index in [2.05, 4.69) is 20.8 Å². The number of amides is 2. The lowest BCUT2D eigenvalue weighted by molar-refractivity contribution is -0.113. The summed E-state index contributed by atoms with van der Waals surface area (Å²) < 4.78 is 39.3. The van der Waals surface area contributed by atoms with Gasteiger partial charge in [-0.15, -0.1) is 22.0 Å². The van der Waals surface area contributed by atoms with Crippen LogP contribution in [0.2, 0.25) is 0 Å². The Hall–Kier alpha value is -2.99. The van der Waals surface area contributed by atoms with Crippen molar-refractivity contribution in [3.63, 3.8) is 0 Å². The van der Waals surface area contributed by atoms with Crippen molar-refractivity contribution >= 4 is 46.7 Å². The molecule has 7 nitrogen and oxygen atoms in total. The first kappa shape index (κ1) is 23.7. The van der Waals surface area contributed by atoms with Crippen LogP contribution in [-0.4, -0.2) is 44.3 Å². The highest BCUT2D eigenvalue weighted by Gasteiger charge is 2.27. The molecule has 1 heterocycles. The van der Waals surface area contributed by atoms with Crippen LogP contribution in [0.15, 0.2) is 64.9 Å². The monoisotopic (exact) mass is 481 g/mol. The third-order valence-corrected chi connectivity index (χ3v) is 6.11. The lowest BCUT2D eigenvalue weighted by Gasteiger charge is -2.12. The summed E-state index contributed by atoms with van der Waals surface area (Å²) in [5, 5.41) is 13.6. The molecular formula is C20H18F3N5O2S2. The van der Waals surface area contributed by atoms with E-state index in [1.807, 2.05) is 0 Å². The molecule has 12 heteroatoms. The Balaban J connectivity index is 1.62. The first-order valence-electron chi connectivity index (χ1n) is 9.18. The highest BCUT2D eigenvalue weighted by Crippen LogP contribution is 2.32. The van der Waals surface area contributed by atoms with E-state index in [1.54, 1.807) is 41.9 Å². The number of thioether (sulfide) groups is 2. The zero-order valence-corrected chi connectivity index (χ0v) is 18.4. The Bertz CT molecular complexity index is 1100. The second-order valence-corrected chi connectivity index (χ2v) is 8.46. The maximum absolute atomic E-state index is 12.6. The molecule has 0 aliphatic rings. The summed E-state index contributed by atoms with van der Waals surface area (Å²) in [6, 6.07) is 12.5. The van der Waals surface area contributed by atoms with E-state index >= 15 is 0 Å². The molecule has 32 heavy (non-hydrogen) atoms. The number of para-hydroxylation sites is 1. The van der Waals surface area contributed by atoms with Gasteiger partial charge in [0.1, 0.15) is 6.33 Å². The average Bonchev–Trinajstić information content (AvgIpc) is 3.16. The second-order valence-electron chi connectivity index (χ2n) is 6.50. The quantitative estimate of drug-likeness (QED) is 0.462. The van der Waals surface area contributed by atoms with Gasteiger partial charge in [-0.25, -0.2) is 0 Å². The first-order chi connectivity index (χ1) is 15.2. The van der Waals surface area contributed by atoms with E-state index in [-0.39, 0.29) is 22.9 Å². The lowest BCUT2D eigenvalue weighted by atomic mass is 10.2. The predicted octanol–water partition coefficient (Wildman–Crippen LogP) is 4.45. The normalized spacial score (nSPS) is 11.2. The minimum Gasteiger partial charge on any atom is -0.325 e. The van der Waals surface area contributed by atoms with Crippen molar-refractivity contribution in [2.75, 3.05) is 22.1 Å². The number of nitrogens with one attached hydrogen (secondary N) is 2. The molecule has 0 atom stereocenters. The van der Waals surface area contributed by atoms with Gasteiger partial charge >= 0.3 is 6.18 Å². The molecule has 3 rings (SSSR count). The molecule has 0 aliphatic heterocycles. The lowest BCUT2D eigenvalue weighted by Crippen LogP contribution is -2.16. The molecule has 0 bridgehead atoms. The van der Waals surface area contributed by atoms with Gasteiger partial charge in [0.05, 0.1) is 17.2 Å². The summed E-state index contributed by atoms with van der Waals surface area (Å²) in [5.74, 6) is -1.75. The van der Waals surface area contributed by atoms with Crippen molar-refractivity contribution in [2.24, 2.45) is 7.05 Å². The second kappa shape index (κ2) is 10.6. The van der Waals surface area contributed by atoms with Crippen LogP contribution in [0.5, 0.6) is 0 Å². The van der Waals surface area contributed by atoms with Gasteiger partial charge in [-0.05, 0) is 30.3 Å². The van der Waals surface area contributed by atoms with Crippen LogP contribution in [0.3, 0.4) is 0 Å². The van der Waals surface area contributed by atoms with E-state index in [0.29, 0.717) is 27.5 Å². The molecule has 1 aromatic heterocycles. The van der Waals surface area contributed by atoms with Gasteiger partial charge in [0, 0.05) is 23.2 Å². The molecule has 168 valence electrons. The molecule has 0 radical (unpaired) electrons. The topological polar surface area (TPSA) is 88.9 Å². The fraction of sp³-hybridized carbons (Fsp3) is 0.200. The van der Waals surface area contributed by atoms with Gasteiger partial charge in [0.15, 0.2) is 5.16 Å². The molecule has 0 saturated carbocycles. The van der Waals surface area contributed by atoms with E-state index in [0.717, 1.165) is 0 Å². The third kappa shape index (κ3) is 7.02. The summed E-state index contributed by atoms with van der Waals surface area (Å²) in [7, 11) is 1.77. The smallest absolute Gasteiger partial charge is 0.325 e. The predicted molar refractivity (Wildman–Crippen MR) is 118 cm³/mol. The summed E-state index contributed by atoms with van der Waals surface area (Å²) in [6.07, 6.45) is -2.79. The molecule has 2 amide bonds. The number of aryl methyl sites for hydroxylation is 1. The molecule has 2 N–H and O–H groups in total. The molecule has 0 aliphatic carbocycles. The van der Waals surface area contributed by atoms with Gasteiger partial charge in [-0.2, -0.15) is 13.2 Å². The Morgan fingerprint density at radius 1 is 1.06 bits per heavy atom. The summed E-state index contributed by atoms with van der Waals surface area (Å²) in [6.45, 7) is 0. The van der Waals surface area contributed by atoms with Crippen LogP contribution in [-0.2, 0) is 11.8 Å². The maximum Gasteiger partial charge on any atom is 0.398 e. The number of benzene rings is 2. The van der Waals surface area contributed by atoms with E-state index < -0.39 is 17.8 Å². The first-order valence-corrected chi connectivity index (χ1v) is 11.1. The van der Waals surface area contributed by atoms with Gasteiger partial charge in [-0.1, -0.05) is 30.0 Å². The molecule has 0 fully saturated rings. The van der Waals surface area contributed by atoms with Crippen LogP contribution in [0.4, 0.5) is 24.5 Å². The Labute approximate surface area is 190 Å². The number of aromatic nitrogens is 3. The van der Waals surface area contributed by atoms with Gasteiger partial charge < -0.3 is 15.2 Å². The Kier molecular flexibility index (Phi) is 7.80. The van der Waals surface area contributed by atoms with Crippen LogP contribution in [0, 0.1) is 0 Å². The molecule has 2 aromatic carbocycles. The minimum atomic E-state index is -4.32. The van der Waals surface area contributed by atoms with E-state index in [9.17, 15) is 22.8 Å². The Morgan fingerprint density at radius 2 is 1.84 bits per heavy atom. The number of halogens is 3. The molecule has 3 aromatic rings. The number of carbonyl (C=O) groups excluding carboxylic acids is 2. The third-order valence-electron chi connectivity index (χ3n) is 3.94. The molecule has 0 saturated heterocycles. The highest BCUT2D eigenvalue weighted by atomic mass is 32.2. The minimum absolute atomic E-state index is 0.104. The maximum atomic E-state index is 12.6. The van der Waals surface area contributed by atoms with Crippen molar-refractivity contribution in [2.45, 2.75) is 16.2 Å². The van der Waals surface area contributed by atoms with Crippen molar-refractivity contribution in [1.82, 2.24) is 14.8 Å². The van der Waals surface area contributed by atoms with Gasteiger partial charge in [0.25, 0.3) is 5.91 Å². The number of nitrogens with zero attached hydrogens (tertiary/aromatic N) is 3. The molecule has 0 spiro atoms. The fourth-order valence-electron chi connectivity index (χ4n) is 2.52. The van der Waals surface area contributed by atoms with Gasteiger partial charge in [0.2, 0.25) is 5.91 Å². The zero-order chi connectivity index (χ0) is 23.1. The standard InChI is InChI=1S/C20H18F3N5O2S2/c1-28-12-24-27-19(28)31-10-17(29)25-14-6-4-5-13(9-14)18(30)26-15-7-2-3-8-16(15)32-11-20(21,22)23/h2-9,12H,10-11H2,1H3,(H,25,29)(H,26,30). The number of hydrogen-bond acceptors (Lipinski definition) is 6. The molecule has 0 unspecified atom stereocenters. The highest BCUT2D eigenvalue weighted by molar-refractivity contribution is 8.00. The summed E-state index contributed by atoms with van der Waals surface area (Å²) in [5.41, 5.74) is 0.946. The largest absolute Gasteiger partial charge is 0.398 e. The van der Waals surface area contributed by atoms with E-state index in [1.165, 1.54) is 36.3 Å². The van der Waals surface area contributed by atoms with Crippen LogP contribution < -0.4 is 10.6 Å². The number of rotatable bonds is 8.